The Morgan fingerprint density at radius 1 is 1.31 bits per heavy atom. The number of nitrogens with one attached hydrogen (secondary N) is 1. The van der Waals surface area contributed by atoms with Crippen molar-refractivity contribution in [2.45, 2.75) is 19.6 Å². The Bertz CT molecular complexity index is 463. The van der Waals surface area contributed by atoms with E-state index in [4.69, 9.17) is 5.11 Å². The minimum absolute atomic E-state index is 0.312. The van der Waals surface area contributed by atoms with Gasteiger partial charge in [-0.1, -0.05) is 18.2 Å². The third-order valence-electron chi connectivity index (χ3n) is 2.49. The Hall–Kier alpha value is -1.45. The number of fused-ring (bicyclic) bond motifs is 1. The molecule has 1 unspecified atom stereocenters. The summed E-state index contributed by atoms with van der Waals surface area (Å²) in [5, 5.41) is 13.6. The van der Waals surface area contributed by atoms with Crippen LogP contribution in [0, 0.1) is 0 Å². The summed E-state index contributed by atoms with van der Waals surface area (Å²) in [5.41, 5.74) is 2.23. The summed E-state index contributed by atoms with van der Waals surface area (Å²) in [5.74, 6) is 0. The smallest absolute Gasteiger partial charge is 0.0705 e. The van der Waals surface area contributed by atoms with Gasteiger partial charge in [-0.05, 0) is 24.6 Å². The lowest BCUT2D eigenvalue weighted by Crippen LogP contribution is -2.23. The molecule has 0 saturated carbocycles. The van der Waals surface area contributed by atoms with E-state index in [2.05, 4.69) is 16.4 Å². The highest BCUT2D eigenvalue weighted by atomic mass is 16.3. The number of benzene rings is 1. The van der Waals surface area contributed by atoms with E-state index in [1.54, 1.807) is 6.92 Å². The van der Waals surface area contributed by atoms with Gasteiger partial charge in [-0.3, -0.25) is 4.98 Å². The van der Waals surface area contributed by atoms with Crippen LogP contribution in [-0.4, -0.2) is 22.7 Å². The van der Waals surface area contributed by atoms with Crippen molar-refractivity contribution < 1.29 is 5.11 Å². The van der Waals surface area contributed by atoms with Crippen molar-refractivity contribution in [3.8, 4) is 0 Å². The molecule has 0 bridgehead atoms. The highest BCUT2D eigenvalue weighted by Crippen LogP contribution is 2.15. The van der Waals surface area contributed by atoms with Gasteiger partial charge < -0.3 is 10.4 Å². The molecule has 0 saturated heterocycles. The average molecular weight is 216 g/mol. The maximum absolute atomic E-state index is 9.17. The topological polar surface area (TPSA) is 45.1 Å². The first kappa shape index (κ1) is 11.0. The highest BCUT2D eigenvalue weighted by Gasteiger charge is 2.01. The summed E-state index contributed by atoms with van der Waals surface area (Å²) in [7, 11) is 0. The van der Waals surface area contributed by atoms with Crippen LogP contribution in [0.2, 0.25) is 0 Å². The van der Waals surface area contributed by atoms with Gasteiger partial charge in [0.25, 0.3) is 0 Å². The Morgan fingerprint density at radius 3 is 2.94 bits per heavy atom. The zero-order valence-corrected chi connectivity index (χ0v) is 9.35. The number of pyridine rings is 1. The van der Waals surface area contributed by atoms with E-state index < -0.39 is 0 Å². The minimum Gasteiger partial charge on any atom is -0.392 e. The van der Waals surface area contributed by atoms with Crippen LogP contribution >= 0.6 is 0 Å². The molecule has 0 fully saturated rings. The summed E-state index contributed by atoms with van der Waals surface area (Å²) in [4.78, 5) is 4.31. The number of hydrogen-bond acceptors (Lipinski definition) is 3. The second-order valence-electron chi connectivity index (χ2n) is 3.97. The molecular weight excluding hydrogens is 200 g/mol. The fraction of sp³-hybridized carbons (Fsp3) is 0.308. The molecule has 2 aromatic rings. The molecule has 3 heteroatoms. The molecule has 0 aliphatic carbocycles. The SMILES string of the molecule is CC(O)CNCc1ccnc2ccccc12. The number of aliphatic hydroxyl groups excluding tert-OH is 1. The van der Waals surface area contributed by atoms with Crippen molar-refractivity contribution in [3.05, 3.63) is 42.1 Å². The fourth-order valence-corrected chi connectivity index (χ4v) is 1.72. The Labute approximate surface area is 95.1 Å². The molecule has 84 valence electrons. The molecule has 1 atom stereocenters. The number of para-hydroxylation sites is 1. The van der Waals surface area contributed by atoms with Crippen LogP contribution in [0.1, 0.15) is 12.5 Å². The van der Waals surface area contributed by atoms with Crippen LogP contribution in [0.25, 0.3) is 10.9 Å². The normalized spacial score (nSPS) is 12.9. The fourth-order valence-electron chi connectivity index (χ4n) is 1.72. The highest BCUT2D eigenvalue weighted by molar-refractivity contribution is 5.81. The molecule has 1 aromatic heterocycles. The minimum atomic E-state index is -0.312. The van der Waals surface area contributed by atoms with Gasteiger partial charge in [-0.25, -0.2) is 0 Å². The van der Waals surface area contributed by atoms with Gasteiger partial charge in [0.1, 0.15) is 0 Å². The third-order valence-corrected chi connectivity index (χ3v) is 2.49. The van der Waals surface area contributed by atoms with E-state index in [0.29, 0.717) is 6.54 Å². The predicted molar refractivity (Wildman–Crippen MR) is 65.1 cm³/mol. The first-order chi connectivity index (χ1) is 7.77. The summed E-state index contributed by atoms with van der Waals surface area (Å²) in [6.45, 7) is 3.14. The molecule has 0 aliphatic heterocycles. The molecule has 3 nitrogen and oxygen atoms in total. The van der Waals surface area contributed by atoms with Crippen LogP contribution in [-0.2, 0) is 6.54 Å². The van der Waals surface area contributed by atoms with E-state index in [1.807, 2.05) is 30.5 Å². The monoisotopic (exact) mass is 216 g/mol. The molecule has 1 heterocycles. The first-order valence-electron chi connectivity index (χ1n) is 5.49. The van der Waals surface area contributed by atoms with Gasteiger partial charge in [-0.15, -0.1) is 0 Å². The summed E-state index contributed by atoms with van der Waals surface area (Å²) in [6, 6.07) is 10.1. The van der Waals surface area contributed by atoms with Crippen molar-refractivity contribution in [1.82, 2.24) is 10.3 Å². The lowest BCUT2D eigenvalue weighted by Gasteiger charge is -2.08. The number of aliphatic hydroxyl groups is 1. The zero-order valence-electron chi connectivity index (χ0n) is 9.35. The quantitative estimate of drug-likeness (QED) is 0.817. The van der Waals surface area contributed by atoms with E-state index in [1.165, 1.54) is 10.9 Å². The Kier molecular flexibility index (Phi) is 3.49. The molecular formula is C13H16N2O. The van der Waals surface area contributed by atoms with Gasteiger partial charge in [0, 0.05) is 24.7 Å². The van der Waals surface area contributed by atoms with Crippen molar-refractivity contribution in [2.75, 3.05) is 6.54 Å². The standard InChI is InChI=1S/C13H16N2O/c1-10(16)8-14-9-11-6-7-15-13-5-3-2-4-12(11)13/h2-7,10,14,16H,8-9H2,1H3. The molecule has 16 heavy (non-hydrogen) atoms. The van der Waals surface area contributed by atoms with Crippen molar-refractivity contribution in [1.29, 1.82) is 0 Å². The maximum Gasteiger partial charge on any atom is 0.0705 e. The van der Waals surface area contributed by atoms with Crippen molar-refractivity contribution >= 4 is 10.9 Å². The van der Waals surface area contributed by atoms with Crippen LogP contribution in [0.3, 0.4) is 0 Å². The van der Waals surface area contributed by atoms with Gasteiger partial charge in [0.05, 0.1) is 11.6 Å². The number of aromatic nitrogens is 1. The summed E-state index contributed by atoms with van der Waals surface area (Å²) in [6.07, 6.45) is 1.51. The molecule has 0 radical (unpaired) electrons. The van der Waals surface area contributed by atoms with Gasteiger partial charge in [0.2, 0.25) is 0 Å². The number of rotatable bonds is 4. The Morgan fingerprint density at radius 2 is 2.12 bits per heavy atom. The van der Waals surface area contributed by atoms with Crippen LogP contribution in [0.4, 0.5) is 0 Å². The predicted octanol–water partition coefficient (Wildman–Crippen LogP) is 1.71. The first-order valence-corrected chi connectivity index (χ1v) is 5.49. The molecule has 0 amide bonds. The van der Waals surface area contributed by atoms with Gasteiger partial charge in [-0.2, -0.15) is 0 Å². The van der Waals surface area contributed by atoms with Crippen molar-refractivity contribution in [2.24, 2.45) is 0 Å². The van der Waals surface area contributed by atoms with Crippen molar-refractivity contribution in [3.63, 3.8) is 0 Å². The zero-order chi connectivity index (χ0) is 11.4. The van der Waals surface area contributed by atoms with E-state index in [0.717, 1.165) is 12.1 Å². The van der Waals surface area contributed by atoms with Gasteiger partial charge >= 0.3 is 0 Å². The van der Waals surface area contributed by atoms with E-state index in [9.17, 15) is 0 Å². The lowest BCUT2D eigenvalue weighted by molar-refractivity contribution is 0.191. The third kappa shape index (κ3) is 2.56. The maximum atomic E-state index is 9.17. The molecule has 0 spiro atoms. The summed E-state index contributed by atoms with van der Waals surface area (Å²) >= 11 is 0. The van der Waals surface area contributed by atoms with Crippen LogP contribution in [0.5, 0.6) is 0 Å². The van der Waals surface area contributed by atoms with Crippen LogP contribution in [0.15, 0.2) is 36.5 Å². The lowest BCUT2D eigenvalue weighted by atomic mass is 10.1. The van der Waals surface area contributed by atoms with Crippen LogP contribution < -0.4 is 5.32 Å². The van der Waals surface area contributed by atoms with E-state index >= 15 is 0 Å². The second-order valence-corrected chi connectivity index (χ2v) is 3.97. The van der Waals surface area contributed by atoms with Gasteiger partial charge in [0.15, 0.2) is 0 Å². The number of nitrogens with zero attached hydrogens (tertiary/aromatic N) is 1. The largest absolute Gasteiger partial charge is 0.392 e. The average Bonchev–Trinajstić information content (AvgIpc) is 2.29. The molecule has 1 aromatic carbocycles. The second kappa shape index (κ2) is 5.05. The Balaban J connectivity index is 2.17. The number of hydrogen-bond donors (Lipinski definition) is 2. The summed E-state index contributed by atoms with van der Waals surface area (Å²) < 4.78 is 0. The molecule has 2 rings (SSSR count). The van der Waals surface area contributed by atoms with E-state index in [-0.39, 0.29) is 6.10 Å². The molecule has 0 aliphatic rings. The molecule has 2 N–H and O–H groups in total.